The van der Waals surface area contributed by atoms with Gasteiger partial charge >= 0.3 is 0 Å². The Balaban J connectivity index is 0.000000640. The second-order valence-corrected chi connectivity index (χ2v) is 1.98. The number of hydrogen-bond donors (Lipinski definition) is 1. The first-order valence-electron chi connectivity index (χ1n) is 2.66. The predicted octanol–water partition coefficient (Wildman–Crippen LogP) is -0.233. The van der Waals surface area contributed by atoms with Gasteiger partial charge in [-0.15, -0.1) is 0 Å². The fraction of sp³-hybridized carbons (Fsp3) is 0.800. The number of amides is 1. The van der Waals surface area contributed by atoms with Crippen molar-refractivity contribution in [1.82, 2.24) is 5.32 Å². The third-order valence-corrected chi connectivity index (χ3v) is 1.01. The molecule has 1 aliphatic heterocycles. The first-order chi connectivity index (χ1) is 3.79. The lowest BCUT2D eigenvalue weighted by molar-refractivity contribution is -0.130. The molecule has 0 aromatic rings. The van der Waals surface area contributed by atoms with Gasteiger partial charge in [-0.2, -0.15) is 0 Å². The first-order valence-corrected chi connectivity index (χ1v) is 2.66. The van der Waals surface area contributed by atoms with Crippen LogP contribution in [-0.4, -0.2) is 25.2 Å². The van der Waals surface area contributed by atoms with E-state index in [1.807, 2.05) is 6.92 Å². The number of carbonyl (C=O) groups excluding carboxylic acids is 1. The maximum absolute atomic E-state index is 10.4. The molecule has 0 radical (unpaired) electrons. The van der Waals surface area contributed by atoms with Crippen LogP contribution in [0.1, 0.15) is 8.35 Å². The van der Waals surface area contributed by atoms with Gasteiger partial charge in [-0.1, -0.05) is 0 Å². The van der Waals surface area contributed by atoms with Crippen molar-refractivity contribution < 1.29 is 11.0 Å². The molecule has 1 atom stereocenters. The first kappa shape index (κ1) is 5.56. The molecule has 1 amide bonds. The molecule has 0 aliphatic carbocycles. The molecule has 0 spiro atoms. The normalized spacial score (nSPS) is 29.6. The summed E-state index contributed by atoms with van der Waals surface area (Å²) in [7, 11) is 0. The molecular weight excluding hydrogens is 106 g/mol. The Kier molecular flexibility index (Phi) is 1.48. The van der Waals surface area contributed by atoms with Gasteiger partial charge in [0.05, 0.1) is 6.61 Å². The third kappa shape index (κ3) is 1.20. The highest BCUT2D eigenvalue weighted by molar-refractivity contribution is 5.78. The summed E-state index contributed by atoms with van der Waals surface area (Å²) in [6, 6.07) is 0.191. The number of hydrogen-bond acceptors (Lipinski definition) is 2. The van der Waals surface area contributed by atoms with E-state index in [1.165, 1.54) is 0 Å². The molecule has 3 nitrogen and oxygen atoms in total. The molecule has 8 heavy (non-hydrogen) atoms. The molecule has 3 heteroatoms. The summed E-state index contributed by atoms with van der Waals surface area (Å²) >= 11 is 0. The highest BCUT2D eigenvalue weighted by Gasteiger charge is 2.12. The summed E-state index contributed by atoms with van der Waals surface area (Å²) in [4.78, 5) is 10.4. The summed E-state index contributed by atoms with van der Waals surface area (Å²) in [6.07, 6.45) is 0. The minimum Gasteiger partial charge on any atom is -0.370 e. The molecule has 0 aromatic heterocycles. The second-order valence-electron chi connectivity index (χ2n) is 1.98. The van der Waals surface area contributed by atoms with Gasteiger partial charge in [0, 0.05) is 7.47 Å². The predicted molar refractivity (Wildman–Crippen MR) is 30.5 cm³/mol. The summed E-state index contributed by atoms with van der Waals surface area (Å²) in [6.45, 7) is 2.78. The summed E-state index contributed by atoms with van der Waals surface area (Å²) in [5.41, 5.74) is 0. The van der Waals surface area contributed by atoms with Crippen LogP contribution in [0, 0.1) is 0 Å². The van der Waals surface area contributed by atoms with E-state index in [1.54, 1.807) is 0 Å². The van der Waals surface area contributed by atoms with Gasteiger partial charge in [0.1, 0.15) is 6.61 Å². The van der Waals surface area contributed by atoms with Crippen molar-refractivity contribution in [2.45, 2.75) is 13.0 Å². The Bertz CT molecular complexity index is 107. The number of rotatable bonds is 0. The third-order valence-electron chi connectivity index (χ3n) is 1.01. The van der Waals surface area contributed by atoms with Gasteiger partial charge < -0.3 is 10.1 Å². The Morgan fingerprint density at radius 2 is 2.75 bits per heavy atom. The van der Waals surface area contributed by atoms with Crippen LogP contribution in [0.15, 0.2) is 0 Å². The van der Waals surface area contributed by atoms with Crippen molar-refractivity contribution in [3.05, 3.63) is 0 Å². The minimum atomic E-state index is -0.0104. The molecule has 1 rings (SSSR count). The van der Waals surface area contributed by atoms with E-state index in [4.69, 9.17) is 4.74 Å². The van der Waals surface area contributed by atoms with Crippen LogP contribution >= 0.6 is 0 Å². The van der Waals surface area contributed by atoms with E-state index in [0.717, 1.165) is 0 Å². The van der Waals surface area contributed by atoms with Gasteiger partial charge in [-0.3, -0.25) is 4.79 Å². The smallest absolute Gasteiger partial charge is 0.246 e. The van der Waals surface area contributed by atoms with Crippen LogP contribution in [0.25, 0.3) is 0 Å². The lowest BCUT2D eigenvalue weighted by atomic mass is 10.3. The van der Waals surface area contributed by atoms with Crippen LogP contribution in [0.3, 0.4) is 0 Å². The van der Waals surface area contributed by atoms with Gasteiger partial charge in [-0.25, -0.2) is 0 Å². The number of ether oxygens (including phenoxy) is 1. The van der Waals surface area contributed by atoms with Gasteiger partial charge in [0.15, 0.2) is 0 Å². The molecule has 1 heterocycles. The molecular formula is C5H11NO2. The molecule has 1 fully saturated rings. The van der Waals surface area contributed by atoms with Crippen molar-refractivity contribution in [2.24, 2.45) is 0 Å². The summed E-state index contributed by atoms with van der Waals surface area (Å²) in [5, 5.41) is 2.72. The van der Waals surface area contributed by atoms with E-state index < -0.39 is 0 Å². The topological polar surface area (TPSA) is 38.3 Å². The summed E-state index contributed by atoms with van der Waals surface area (Å²) < 4.78 is 4.88. The zero-order valence-electron chi connectivity index (χ0n) is 4.81. The molecule has 0 aromatic carbocycles. The Hall–Kier alpha value is -0.570. The van der Waals surface area contributed by atoms with Crippen LogP contribution in [0.2, 0.25) is 0 Å². The number of nitrogens with one attached hydrogen (secondary N) is 1. The average molecular weight is 117 g/mol. The van der Waals surface area contributed by atoms with Gasteiger partial charge in [-0.05, 0) is 6.92 Å². The standard InChI is InChI=1S/C5H9NO2.H2/c1-4-2-8-3-5(7)6-4;/h4H,2-3H2,1H3,(H,6,7);1H/t4-;/m1./s1. The van der Waals surface area contributed by atoms with Crippen molar-refractivity contribution in [1.29, 1.82) is 0 Å². The fourth-order valence-electron chi connectivity index (χ4n) is 0.687. The molecule has 1 saturated heterocycles. The van der Waals surface area contributed by atoms with Crippen molar-refractivity contribution in [3.8, 4) is 0 Å². The Labute approximate surface area is 49.5 Å². The zero-order chi connectivity index (χ0) is 5.98. The second kappa shape index (κ2) is 2.13. The highest BCUT2D eigenvalue weighted by Crippen LogP contribution is 1.90. The summed E-state index contributed by atoms with van der Waals surface area (Å²) in [5.74, 6) is -0.0104. The molecule has 1 aliphatic rings. The lowest BCUT2D eigenvalue weighted by Gasteiger charge is -2.18. The van der Waals surface area contributed by atoms with E-state index >= 15 is 0 Å². The number of carbonyl (C=O) groups is 1. The SMILES string of the molecule is C[C@@H]1COCC(=O)N1.[HH]. The maximum atomic E-state index is 10.4. The van der Waals surface area contributed by atoms with Crippen LogP contribution < -0.4 is 5.32 Å². The molecule has 1 N–H and O–H groups in total. The average Bonchev–Trinajstić information content (AvgIpc) is 1.64. The van der Waals surface area contributed by atoms with E-state index in [0.29, 0.717) is 6.61 Å². The van der Waals surface area contributed by atoms with Crippen molar-refractivity contribution >= 4 is 5.91 Å². The van der Waals surface area contributed by atoms with Crippen molar-refractivity contribution in [2.75, 3.05) is 13.2 Å². The zero-order valence-corrected chi connectivity index (χ0v) is 4.81. The highest BCUT2D eigenvalue weighted by atomic mass is 16.5. The minimum absolute atomic E-state index is 0. The lowest BCUT2D eigenvalue weighted by Crippen LogP contribution is -2.43. The number of morpholine rings is 1. The van der Waals surface area contributed by atoms with E-state index in [-0.39, 0.29) is 20.0 Å². The Morgan fingerprint density at radius 1 is 2.00 bits per heavy atom. The molecule has 0 bridgehead atoms. The molecule has 0 unspecified atom stereocenters. The van der Waals surface area contributed by atoms with Gasteiger partial charge in [0.25, 0.3) is 0 Å². The Morgan fingerprint density at radius 3 is 3.12 bits per heavy atom. The van der Waals surface area contributed by atoms with Gasteiger partial charge in [0.2, 0.25) is 5.91 Å². The van der Waals surface area contributed by atoms with Crippen LogP contribution in [0.5, 0.6) is 0 Å². The molecule has 0 saturated carbocycles. The maximum Gasteiger partial charge on any atom is 0.246 e. The van der Waals surface area contributed by atoms with E-state index in [9.17, 15) is 4.79 Å². The molecule has 48 valence electrons. The largest absolute Gasteiger partial charge is 0.370 e. The van der Waals surface area contributed by atoms with Crippen molar-refractivity contribution in [3.63, 3.8) is 0 Å². The monoisotopic (exact) mass is 117 g/mol. The fourth-order valence-corrected chi connectivity index (χ4v) is 0.687. The van der Waals surface area contributed by atoms with E-state index in [2.05, 4.69) is 5.32 Å². The van der Waals surface area contributed by atoms with Crippen LogP contribution in [-0.2, 0) is 9.53 Å². The quantitative estimate of drug-likeness (QED) is 0.476. The van der Waals surface area contributed by atoms with Crippen LogP contribution in [0.4, 0.5) is 0 Å².